The van der Waals surface area contributed by atoms with Crippen LogP contribution < -0.4 is 0 Å². The number of rotatable bonds is 3. The number of para-hydroxylation sites is 1. The van der Waals surface area contributed by atoms with Crippen molar-refractivity contribution in [1.82, 2.24) is 9.78 Å². The van der Waals surface area contributed by atoms with E-state index < -0.39 is 6.10 Å². The van der Waals surface area contributed by atoms with Crippen LogP contribution in [0.3, 0.4) is 0 Å². The van der Waals surface area contributed by atoms with Crippen LogP contribution >= 0.6 is 0 Å². The van der Waals surface area contributed by atoms with Crippen LogP contribution in [0.1, 0.15) is 17.4 Å². The molecular formula is C16H13FN2O. The SMILES string of the molecule is OC(c1cccc(F)c1)c1ccnn1-c1ccccc1. The molecule has 0 fully saturated rings. The summed E-state index contributed by atoms with van der Waals surface area (Å²) in [5.41, 5.74) is 1.95. The summed E-state index contributed by atoms with van der Waals surface area (Å²) in [5.74, 6) is -0.368. The van der Waals surface area contributed by atoms with E-state index in [0.29, 0.717) is 11.3 Å². The molecule has 100 valence electrons. The molecular weight excluding hydrogens is 255 g/mol. The van der Waals surface area contributed by atoms with Gasteiger partial charge in [-0.15, -0.1) is 0 Å². The largest absolute Gasteiger partial charge is 0.382 e. The maximum atomic E-state index is 13.3. The molecule has 0 saturated carbocycles. The van der Waals surface area contributed by atoms with E-state index in [4.69, 9.17) is 0 Å². The molecule has 1 aromatic heterocycles. The quantitative estimate of drug-likeness (QED) is 0.792. The number of halogens is 1. The third kappa shape index (κ3) is 2.33. The summed E-state index contributed by atoms with van der Waals surface area (Å²) < 4.78 is 14.9. The van der Waals surface area contributed by atoms with Crippen molar-refractivity contribution in [3.05, 3.63) is 83.9 Å². The van der Waals surface area contributed by atoms with Gasteiger partial charge in [-0.2, -0.15) is 5.10 Å². The second-order valence-electron chi connectivity index (χ2n) is 4.46. The molecule has 0 radical (unpaired) electrons. The van der Waals surface area contributed by atoms with Crippen LogP contribution in [0.5, 0.6) is 0 Å². The van der Waals surface area contributed by atoms with E-state index >= 15 is 0 Å². The molecule has 0 bridgehead atoms. The molecule has 1 heterocycles. The highest BCUT2D eigenvalue weighted by Gasteiger charge is 2.16. The molecule has 3 aromatic rings. The van der Waals surface area contributed by atoms with Gasteiger partial charge in [-0.1, -0.05) is 30.3 Å². The fourth-order valence-corrected chi connectivity index (χ4v) is 2.15. The molecule has 1 N–H and O–H groups in total. The first-order valence-corrected chi connectivity index (χ1v) is 6.28. The summed E-state index contributed by atoms with van der Waals surface area (Å²) in [5, 5.41) is 14.6. The highest BCUT2D eigenvalue weighted by Crippen LogP contribution is 2.24. The van der Waals surface area contributed by atoms with Crippen molar-refractivity contribution >= 4 is 0 Å². The van der Waals surface area contributed by atoms with Crippen molar-refractivity contribution in [2.24, 2.45) is 0 Å². The Balaban J connectivity index is 2.02. The van der Waals surface area contributed by atoms with Gasteiger partial charge >= 0.3 is 0 Å². The third-order valence-corrected chi connectivity index (χ3v) is 3.12. The zero-order valence-corrected chi connectivity index (χ0v) is 10.6. The van der Waals surface area contributed by atoms with Crippen LogP contribution in [-0.4, -0.2) is 14.9 Å². The fourth-order valence-electron chi connectivity index (χ4n) is 2.15. The van der Waals surface area contributed by atoms with Crippen molar-refractivity contribution in [1.29, 1.82) is 0 Å². The van der Waals surface area contributed by atoms with E-state index in [-0.39, 0.29) is 5.82 Å². The van der Waals surface area contributed by atoms with Crippen LogP contribution in [-0.2, 0) is 0 Å². The highest BCUT2D eigenvalue weighted by molar-refractivity contribution is 5.35. The monoisotopic (exact) mass is 268 g/mol. The van der Waals surface area contributed by atoms with E-state index in [0.717, 1.165) is 5.69 Å². The fraction of sp³-hybridized carbons (Fsp3) is 0.0625. The minimum atomic E-state index is -0.923. The number of aromatic nitrogens is 2. The molecule has 2 aromatic carbocycles. The van der Waals surface area contributed by atoms with Gasteiger partial charge in [0, 0.05) is 6.20 Å². The molecule has 0 spiro atoms. The Morgan fingerprint density at radius 2 is 1.80 bits per heavy atom. The average Bonchev–Trinajstić information content (AvgIpc) is 2.97. The van der Waals surface area contributed by atoms with Crippen molar-refractivity contribution in [2.75, 3.05) is 0 Å². The van der Waals surface area contributed by atoms with E-state index in [2.05, 4.69) is 5.10 Å². The molecule has 0 aliphatic carbocycles. The van der Waals surface area contributed by atoms with Crippen LogP contribution in [0, 0.1) is 5.82 Å². The van der Waals surface area contributed by atoms with E-state index in [1.54, 1.807) is 29.1 Å². The summed E-state index contributed by atoms with van der Waals surface area (Å²) in [6.07, 6.45) is 0.693. The zero-order valence-electron chi connectivity index (χ0n) is 10.6. The van der Waals surface area contributed by atoms with Crippen LogP contribution in [0.15, 0.2) is 66.9 Å². The van der Waals surface area contributed by atoms with Gasteiger partial charge in [0.25, 0.3) is 0 Å². The lowest BCUT2D eigenvalue weighted by molar-refractivity contribution is 0.211. The normalized spacial score (nSPS) is 12.3. The Hall–Kier alpha value is -2.46. The Morgan fingerprint density at radius 1 is 1.00 bits per heavy atom. The predicted octanol–water partition coefficient (Wildman–Crippen LogP) is 3.09. The van der Waals surface area contributed by atoms with Crippen LogP contribution in [0.25, 0.3) is 5.69 Å². The number of hydrogen-bond donors (Lipinski definition) is 1. The van der Waals surface area contributed by atoms with Crippen LogP contribution in [0.2, 0.25) is 0 Å². The summed E-state index contributed by atoms with van der Waals surface area (Å²) >= 11 is 0. The van der Waals surface area contributed by atoms with Gasteiger partial charge in [-0.3, -0.25) is 0 Å². The standard InChI is InChI=1S/C16H13FN2O/c17-13-6-4-5-12(11-13)16(20)15-9-10-18-19(15)14-7-2-1-3-8-14/h1-11,16,20H. The number of benzene rings is 2. The smallest absolute Gasteiger partial charge is 0.123 e. The van der Waals surface area contributed by atoms with E-state index in [1.165, 1.54) is 12.1 Å². The van der Waals surface area contributed by atoms with Crippen molar-refractivity contribution in [2.45, 2.75) is 6.10 Å². The van der Waals surface area contributed by atoms with Gasteiger partial charge in [0.05, 0.1) is 11.4 Å². The first kappa shape index (κ1) is 12.6. The summed E-state index contributed by atoms with van der Waals surface area (Å²) in [6.45, 7) is 0. The molecule has 3 rings (SSSR count). The van der Waals surface area contributed by atoms with E-state index in [9.17, 15) is 9.50 Å². The maximum Gasteiger partial charge on any atom is 0.123 e. The number of aliphatic hydroxyl groups excluding tert-OH is 1. The Kier molecular flexibility index (Phi) is 3.31. The molecule has 4 heteroatoms. The topological polar surface area (TPSA) is 38.1 Å². The molecule has 0 aliphatic heterocycles. The molecule has 0 saturated heterocycles. The zero-order chi connectivity index (χ0) is 13.9. The first-order valence-electron chi connectivity index (χ1n) is 6.28. The molecule has 20 heavy (non-hydrogen) atoms. The Morgan fingerprint density at radius 3 is 2.55 bits per heavy atom. The number of aliphatic hydroxyl groups is 1. The second kappa shape index (κ2) is 5.27. The maximum absolute atomic E-state index is 13.3. The van der Waals surface area contributed by atoms with Crippen molar-refractivity contribution < 1.29 is 9.50 Å². The molecule has 1 atom stereocenters. The minimum absolute atomic E-state index is 0.368. The third-order valence-electron chi connectivity index (χ3n) is 3.12. The lowest BCUT2D eigenvalue weighted by Crippen LogP contribution is -2.08. The Bertz CT molecular complexity index is 709. The first-order chi connectivity index (χ1) is 9.75. The lowest BCUT2D eigenvalue weighted by atomic mass is 10.1. The van der Waals surface area contributed by atoms with Gasteiger partial charge in [0.1, 0.15) is 11.9 Å². The van der Waals surface area contributed by atoms with Gasteiger partial charge in [-0.05, 0) is 35.9 Å². The molecule has 1 unspecified atom stereocenters. The van der Waals surface area contributed by atoms with Crippen LogP contribution in [0.4, 0.5) is 4.39 Å². The Labute approximate surface area is 115 Å². The number of hydrogen-bond acceptors (Lipinski definition) is 2. The van der Waals surface area contributed by atoms with Crippen molar-refractivity contribution in [3.63, 3.8) is 0 Å². The van der Waals surface area contributed by atoms with Gasteiger partial charge in [-0.25, -0.2) is 9.07 Å². The van der Waals surface area contributed by atoms with Gasteiger partial charge < -0.3 is 5.11 Å². The summed E-state index contributed by atoms with van der Waals surface area (Å²) in [6, 6.07) is 17.2. The highest BCUT2D eigenvalue weighted by atomic mass is 19.1. The molecule has 0 amide bonds. The molecule has 0 aliphatic rings. The predicted molar refractivity (Wildman–Crippen MR) is 74.0 cm³/mol. The molecule has 3 nitrogen and oxygen atoms in total. The summed E-state index contributed by atoms with van der Waals surface area (Å²) in [7, 11) is 0. The van der Waals surface area contributed by atoms with Gasteiger partial charge in [0.2, 0.25) is 0 Å². The average molecular weight is 268 g/mol. The summed E-state index contributed by atoms with van der Waals surface area (Å²) in [4.78, 5) is 0. The minimum Gasteiger partial charge on any atom is -0.382 e. The van der Waals surface area contributed by atoms with Crippen molar-refractivity contribution in [3.8, 4) is 5.69 Å². The lowest BCUT2D eigenvalue weighted by Gasteiger charge is -2.14. The van der Waals surface area contributed by atoms with E-state index in [1.807, 2.05) is 30.3 Å². The van der Waals surface area contributed by atoms with Gasteiger partial charge in [0.15, 0.2) is 0 Å². The number of nitrogens with zero attached hydrogens (tertiary/aromatic N) is 2. The second-order valence-corrected chi connectivity index (χ2v) is 4.46.